The minimum absolute atomic E-state index is 0.0957. The zero-order valence-corrected chi connectivity index (χ0v) is 36.6. The van der Waals surface area contributed by atoms with Crippen molar-refractivity contribution in [3.63, 3.8) is 0 Å². The summed E-state index contributed by atoms with van der Waals surface area (Å²) in [5, 5.41) is 9.55. The van der Waals surface area contributed by atoms with Crippen LogP contribution in [0.5, 0.6) is 0 Å². The van der Waals surface area contributed by atoms with Gasteiger partial charge in [-0.1, -0.05) is 12.1 Å². The second kappa shape index (κ2) is 19.2. The Morgan fingerprint density at radius 3 is 1.60 bits per heavy atom. The number of amides is 4. The maximum atomic E-state index is 12.9. The summed E-state index contributed by atoms with van der Waals surface area (Å²) in [5.41, 5.74) is 7.67. The molecule has 2 saturated heterocycles. The summed E-state index contributed by atoms with van der Waals surface area (Å²) >= 11 is 3.20. The molecule has 8 heterocycles. The highest BCUT2D eigenvalue weighted by Crippen LogP contribution is 2.34. The standard InChI is InChI=1S/C21H24N8O2.C16H21N7O2.C5H4BrN/c1-2-29-18-16(27-19(29)20(30)26-15-5-3-4-9-22-15)17(23-12-24-18)25-14-8-10-28(11-14)21(31)13-6-7-13;1-2-23-14-11(21-15(23)12(17)24)13(18-8-19-14)20-10-5-6-22(7-10)16(25)9-3-4-9;6-5-3-1-2-4-7-5/h3-5,9,12-14H,2,6-8,10-11H2,1H3,(H,22,26,30)(H,23,24,25);8-10H,2-7H2,1H3,(H2,17,24)(H,18,19,20);1-4H/t14-;10-;/m00./s1. The second-order valence-electron chi connectivity index (χ2n) is 15.7. The molecule has 2 atom stereocenters. The molecule has 63 heavy (non-hydrogen) atoms. The number of carbonyl (C=O) groups excluding carboxylic acids is 4. The normalized spacial score (nSPS) is 18.0. The molecule has 21 heteroatoms. The number of pyridine rings is 2. The van der Waals surface area contributed by atoms with Crippen molar-refractivity contribution in [2.45, 2.75) is 77.5 Å². The number of primary amides is 1. The van der Waals surface area contributed by atoms with Crippen molar-refractivity contribution in [1.29, 1.82) is 0 Å². The molecule has 4 amide bonds. The van der Waals surface area contributed by atoms with Crippen LogP contribution in [0.1, 0.15) is 73.6 Å². The van der Waals surface area contributed by atoms with Gasteiger partial charge in [0.1, 0.15) is 23.1 Å². The van der Waals surface area contributed by atoms with E-state index in [-0.39, 0.29) is 53.3 Å². The van der Waals surface area contributed by atoms with Gasteiger partial charge in [0.05, 0.1) is 0 Å². The number of hydrogen-bond donors (Lipinski definition) is 4. The number of halogens is 1. The van der Waals surface area contributed by atoms with E-state index in [1.807, 2.05) is 41.8 Å². The Hall–Kier alpha value is -6.64. The van der Waals surface area contributed by atoms with Crippen LogP contribution in [0.15, 0.2) is 66.0 Å². The van der Waals surface area contributed by atoms with E-state index in [4.69, 9.17) is 5.73 Å². The van der Waals surface area contributed by atoms with Crippen molar-refractivity contribution in [2.75, 3.05) is 42.1 Å². The molecule has 2 saturated carbocycles. The largest absolute Gasteiger partial charge is 0.364 e. The fourth-order valence-corrected chi connectivity index (χ4v) is 7.99. The van der Waals surface area contributed by atoms with Gasteiger partial charge < -0.3 is 40.6 Å². The molecule has 4 fully saturated rings. The van der Waals surface area contributed by atoms with E-state index in [1.165, 1.54) is 12.7 Å². The van der Waals surface area contributed by atoms with Crippen LogP contribution in [-0.4, -0.2) is 121 Å². The second-order valence-corrected chi connectivity index (χ2v) is 16.5. The van der Waals surface area contributed by atoms with E-state index in [9.17, 15) is 19.2 Å². The van der Waals surface area contributed by atoms with Gasteiger partial charge in [0.2, 0.25) is 23.5 Å². The third kappa shape index (κ3) is 10.0. The average Bonchev–Trinajstić information content (AvgIpc) is 4.14. The van der Waals surface area contributed by atoms with Crippen LogP contribution >= 0.6 is 15.9 Å². The van der Waals surface area contributed by atoms with E-state index in [1.54, 1.807) is 39.7 Å². The number of imidazole rings is 2. The predicted octanol–water partition coefficient (Wildman–Crippen LogP) is 4.13. The van der Waals surface area contributed by atoms with Crippen molar-refractivity contribution in [2.24, 2.45) is 17.6 Å². The fourth-order valence-electron chi connectivity index (χ4n) is 7.72. The number of rotatable bonds is 11. The first kappa shape index (κ1) is 43.0. The molecule has 6 aromatic heterocycles. The Morgan fingerprint density at radius 2 is 1.17 bits per heavy atom. The van der Waals surface area contributed by atoms with Gasteiger partial charge in [-0.15, -0.1) is 0 Å². The molecule has 4 aliphatic rings. The Kier molecular flexibility index (Phi) is 13.1. The zero-order valence-electron chi connectivity index (χ0n) is 35.0. The van der Waals surface area contributed by atoms with Crippen molar-refractivity contribution in [3.8, 4) is 0 Å². The number of aromatic nitrogens is 10. The SMILES string of the molecule is Brc1ccccn1.CCn1c(C(=O)Nc2ccccn2)nc2c(N[C@H]3CCN(C(=O)C4CC4)C3)ncnc21.CCn1c(C(N)=O)nc2c(N[C@H]3CCN(C(=O)C4CC4)C3)ncnc21. The van der Waals surface area contributed by atoms with Crippen LogP contribution in [0, 0.1) is 11.8 Å². The summed E-state index contributed by atoms with van der Waals surface area (Å²) in [6.45, 7) is 7.75. The highest BCUT2D eigenvalue weighted by molar-refractivity contribution is 9.10. The molecule has 0 spiro atoms. The third-order valence-corrected chi connectivity index (χ3v) is 11.7. The monoisotopic (exact) mass is 920 g/mol. The van der Waals surface area contributed by atoms with Crippen molar-refractivity contribution < 1.29 is 19.2 Å². The Morgan fingerprint density at radius 1 is 0.667 bits per heavy atom. The minimum Gasteiger partial charge on any atom is -0.364 e. The van der Waals surface area contributed by atoms with Crippen LogP contribution in [0.25, 0.3) is 22.3 Å². The highest BCUT2D eigenvalue weighted by atomic mass is 79.9. The number of aryl methyl sites for hydroxylation is 2. The zero-order chi connectivity index (χ0) is 44.0. The van der Waals surface area contributed by atoms with Crippen molar-refractivity contribution in [1.82, 2.24) is 58.8 Å². The van der Waals surface area contributed by atoms with E-state index in [0.717, 1.165) is 56.2 Å². The van der Waals surface area contributed by atoms with Gasteiger partial charge in [-0.25, -0.2) is 39.9 Å². The molecule has 328 valence electrons. The van der Waals surface area contributed by atoms with Gasteiger partial charge in [-0.2, -0.15) is 0 Å². The lowest BCUT2D eigenvalue weighted by atomic mass is 10.2. The quantitative estimate of drug-likeness (QED) is 0.134. The maximum absolute atomic E-state index is 12.9. The molecule has 2 aliphatic heterocycles. The van der Waals surface area contributed by atoms with Crippen LogP contribution in [0.4, 0.5) is 17.5 Å². The molecule has 6 aromatic rings. The average molecular weight is 922 g/mol. The molecule has 20 nitrogen and oxygen atoms in total. The van der Waals surface area contributed by atoms with Gasteiger partial charge in [0.15, 0.2) is 34.0 Å². The summed E-state index contributed by atoms with van der Waals surface area (Å²) in [6.07, 6.45) is 12.1. The smallest absolute Gasteiger partial charge is 0.292 e. The number of fused-ring (bicyclic) bond motifs is 2. The molecule has 0 unspecified atom stereocenters. The number of likely N-dealkylation sites (tertiary alicyclic amines) is 2. The van der Waals surface area contributed by atoms with Crippen molar-refractivity contribution >= 4 is 79.3 Å². The Labute approximate surface area is 371 Å². The lowest BCUT2D eigenvalue weighted by Crippen LogP contribution is -2.32. The number of hydrogen-bond acceptors (Lipinski definition) is 14. The summed E-state index contributed by atoms with van der Waals surface area (Å²) in [7, 11) is 0. The molecule has 10 rings (SSSR count). The first-order valence-electron chi connectivity index (χ1n) is 21.2. The lowest BCUT2D eigenvalue weighted by molar-refractivity contribution is -0.132. The minimum atomic E-state index is -0.590. The van der Waals surface area contributed by atoms with Gasteiger partial charge in [0, 0.05) is 75.6 Å². The maximum Gasteiger partial charge on any atom is 0.292 e. The van der Waals surface area contributed by atoms with Crippen LogP contribution in [0.3, 0.4) is 0 Å². The topological polar surface area (TPSA) is 250 Å². The van der Waals surface area contributed by atoms with Gasteiger partial charge in [-0.3, -0.25) is 19.2 Å². The summed E-state index contributed by atoms with van der Waals surface area (Å²) in [4.78, 5) is 87.1. The van der Waals surface area contributed by atoms with Crippen LogP contribution in [-0.2, 0) is 22.7 Å². The van der Waals surface area contributed by atoms with E-state index >= 15 is 0 Å². The van der Waals surface area contributed by atoms with Crippen LogP contribution < -0.4 is 21.7 Å². The van der Waals surface area contributed by atoms with Gasteiger partial charge in [-0.05, 0) is 92.6 Å². The summed E-state index contributed by atoms with van der Waals surface area (Å²) in [6, 6.07) is 11.2. The van der Waals surface area contributed by atoms with Gasteiger partial charge in [0.25, 0.3) is 11.8 Å². The van der Waals surface area contributed by atoms with E-state index in [0.29, 0.717) is 66.0 Å². The Balaban J connectivity index is 0.000000152. The van der Waals surface area contributed by atoms with Crippen LogP contribution in [0.2, 0.25) is 0 Å². The first-order chi connectivity index (χ1) is 30.6. The molecule has 2 aliphatic carbocycles. The van der Waals surface area contributed by atoms with Gasteiger partial charge >= 0.3 is 0 Å². The van der Waals surface area contributed by atoms with E-state index in [2.05, 4.69) is 71.8 Å². The molecule has 0 bridgehead atoms. The molecule has 0 radical (unpaired) electrons. The molecule has 5 N–H and O–H groups in total. The number of carbonyl (C=O) groups is 4. The summed E-state index contributed by atoms with van der Waals surface area (Å²) in [5.74, 6) is 2.09. The summed E-state index contributed by atoms with van der Waals surface area (Å²) < 4.78 is 4.33. The number of nitrogens with one attached hydrogen (secondary N) is 3. The number of nitrogens with two attached hydrogens (primary N) is 1. The predicted molar refractivity (Wildman–Crippen MR) is 237 cm³/mol. The lowest BCUT2D eigenvalue weighted by Gasteiger charge is -2.17. The third-order valence-electron chi connectivity index (χ3n) is 11.2. The van der Waals surface area contributed by atoms with E-state index < -0.39 is 5.91 Å². The first-order valence-corrected chi connectivity index (χ1v) is 22.0. The molecular weight excluding hydrogens is 872 g/mol. The Bertz CT molecular complexity index is 2600. The fraction of sp³-hybridized carbons (Fsp3) is 0.429. The highest BCUT2D eigenvalue weighted by Gasteiger charge is 2.38. The molecular formula is C42H49BrN16O4. The van der Waals surface area contributed by atoms with Crippen molar-refractivity contribution in [3.05, 3.63) is 77.7 Å². The number of nitrogens with zero attached hydrogens (tertiary/aromatic N) is 12. The number of anilines is 3. The molecule has 0 aromatic carbocycles.